The second kappa shape index (κ2) is 11.6. The number of aliphatic imine (C=N–C) groups is 1. The molecule has 8 nitrogen and oxygen atoms in total. The molecule has 2 heterocycles. The Bertz CT molecular complexity index is 1050. The van der Waals surface area contributed by atoms with E-state index in [4.69, 9.17) is 10.7 Å². The van der Waals surface area contributed by atoms with Gasteiger partial charge in [0.2, 0.25) is 0 Å². The standard InChI is InChI=1S/C28H43N5O3S/c1-5-7-21-8-6-9-22(18-21)25-30-26(34)28(31-25)11-13-33(14-12-28)37(36)15-10-24-19(2)16-23(17-20(24)3)32(4)27(29)35/h16-17,21-22H,5-15,18H2,1-4H3,(H2,29,35)(H,30,31,34)/t21-,22+,37?/m1/s1. The monoisotopic (exact) mass is 529 g/mol. The van der Waals surface area contributed by atoms with Crippen molar-refractivity contribution in [1.82, 2.24) is 9.62 Å². The topological polar surface area (TPSA) is 108 Å². The Kier molecular flexibility index (Phi) is 8.74. The molecular weight excluding hydrogens is 486 g/mol. The summed E-state index contributed by atoms with van der Waals surface area (Å²) in [7, 11) is 0.533. The number of amides is 3. The Morgan fingerprint density at radius 2 is 1.92 bits per heavy atom. The third kappa shape index (κ3) is 6.08. The number of nitrogens with one attached hydrogen (secondary N) is 1. The van der Waals surface area contributed by atoms with E-state index in [1.54, 1.807) is 7.05 Å². The van der Waals surface area contributed by atoms with Gasteiger partial charge in [-0.3, -0.25) is 14.7 Å². The molecule has 0 aromatic heterocycles. The van der Waals surface area contributed by atoms with E-state index in [1.807, 2.05) is 30.3 Å². The zero-order valence-corrected chi connectivity index (χ0v) is 23.7. The van der Waals surface area contributed by atoms with Crippen LogP contribution in [0.5, 0.6) is 0 Å². The number of aryl methyl sites for hydroxylation is 2. The van der Waals surface area contributed by atoms with E-state index in [0.29, 0.717) is 44.0 Å². The summed E-state index contributed by atoms with van der Waals surface area (Å²) < 4.78 is 15.2. The second-order valence-electron chi connectivity index (χ2n) is 11.2. The minimum absolute atomic E-state index is 0.0396. The summed E-state index contributed by atoms with van der Waals surface area (Å²) in [6.07, 6.45) is 9.16. The van der Waals surface area contributed by atoms with Crippen LogP contribution in [0.1, 0.15) is 75.0 Å². The summed E-state index contributed by atoms with van der Waals surface area (Å²) in [5, 5.41) is 3.15. The van der Waals surface area contributed by atoms with Crippen molar-refractivity contribution in [2.45, 2.75) is 84.1 Å². The molecule has 3 N–H and O–H groups in total. The normalized spacial score (nSPS) is 24.5. The van der Waals surface area contributed by atoms with E-state index in [1.165, 1.54) is 30.6 Å². The molecule has 3 aliphatic rings. The first-order valence-electron chi connectivity index (χ1n) is 13.8. The molecule has 0 radical (unpaired) electrons. The Hall–Kier alpha value is -2.26. The molecule has 1 aromatic rings. The summed E-state index contributed by atoms with van der Waals surface area (Å²) in [5.74, 6) is 2.61. The molecule has 37 heavy (non-hydrogen) atoms. The summed E-state index contributed by atoms with van der Waals surface area (Å²) in [6, 6.07) is 3.40. The van der Waals surface area contributed by atoms with E-state index in [2.05, 4.69) is 12.2 Å². The molecule has 0 bridgehead atoms. The van der Waals surface area contributed by atoms with Crippen LogP contribution in [0.2, 0.25) is 0 Å². The highest BCUT2D eigenvalue weighted by molar-refractivity contribution is 7.82. The van der Waals surface area contributed by atoms with Crippen LogP contribution >= 0.6 is 0 Å². The van der Waals surface area contributed by atoms with Crippen molar-refractivity contribution in [3.05, 3.63) is 28.8 Å². The predicted octanol–water partition coefficient (Wildman–Crippen LogP) is 3.99. The number of nitrogens with zero attached hydrogens (tertiary/aromatic N) is 3. The van der Waals surface area contributed by atoms with Gasteiger partial charge in [-0.25, -0.2) is 13.3 Å². The quantitative estimate of drug-likeness (QED) is 0.531. The number of rotatable bonds is 8. The van der Waals surface area contributed by atoms with Crippen LogP contribution in [-0.4, -0.2) is 57.7 Å². The molecule has 2 aliphatic heterocycles. The first kappa shape index (κ1) is 27.8. The average molecular weight is 530 g/mol. The lowest BCUT2D eigenvalue weighted by Gasteiger charge is -2.34. The van der Waals surface area contributed by atoms with Crippen LogP contribution in [0.3, 0.4) is 0 Å². The molecule has 1 spiro atoms. The number of amidine groups is 1. The SMILES string of the molecule is CCC[C@@H]1CCC[C@H](C2=NC3(CCN(S(=O)CCc4c(C)cc(N(C)C(N)=O)cc4C)CC3)C(=O)N2)C1. The van der Waals surface area contributed by atoms with Gasteiger partial charge in [0.1, 0.15) is 11.4 Å². The van der Waals surface area contributed by atoms with E-state index in [9.17, 15) is 13.8 Å². The highest BCUT2D eigenvalue weighted by Gasteiger charge is 2.47. The Morgan fingerprint density at radius 1 is 1.24 bits per heavy atom. The van der Waals surface area contributed by atoms with Crippen molar-refractivity contribution in [2.24, 2.45) is 22.6 Å². The average Bonchev–Trinajstić information content (AvgIpc) is 3.19. The van der Waals surface area contributed by atoms with Gasteiger partial charge in [-0.2, -0.15) is 0 Å². The fourth-order valence-electron chi connectivity index (χ4n) is 6.35. The lowest BCUT2D eigenvalue weighted by Crippen LogP contribution is -2.49. The molecule has 9 heteroatoms. The van der Waals surface area contributed by atoms with Crippen molar-refractivity contribution in [3.8, 4) is 0 Å². The minimum Gasteiger partial charge on any atom is -0.351 e. The first-order chi connectivity index (χ1) is 17.6. The number of carbonyl (C=O) groups is 2. The largest absolute Gasteiger partial charge is 0.351 e. The van der Waals surface area contributed by atoms with Crippen LogP contribution < -0.4 is 16.0 Å². The van der Waals surface area contributed by atoms with Crippen molar-refractivity contribution in [3.63, 3.8) is 0 Å². The molecule has 1 aromatic carbocycles. The van der Waals surface area contributed by atoms with Gasteiger partial charge in [0, 0.05) is 37.5 Å². The van der Waals surface area contributed by atoms with Crippen molar-refractivity contribution in [2.75, 3.05) is 30.8 Å². The predicted molar refractivity (Wildman–Crippen MR) is 150 cm³/mol. The Balaban J connectivity index is 1.33. The number of benzene rings is 1. The maximum Gasteiger partial charge on any atom is 0.318 e. The number of anilines is 1. The molecule has 1 aliphatic carbocycles. The maximum absolute atomic E-state index is 13.2. The number of urea groups is 1. The zero-order valence-electron chi connectivity index (χ0n) is 22.8. The Labute approximate surface area is 224 Å². The molecular formula is C28H43N5O3S. The van der Waals surface area contributed by atoms with Gasteiger partial charge in [0.25, 0.3) is 5.91 Å². The highest BCUT2D eigenvalue weighted by Crippen LogP contribution is 2.37. The van der Waals surface area contributed by atoms with Crippen LogP contribution in [0.25, 0.3) is 0 Å². The fourth-order valence-corrected chi connectivity index (χ4v) is 7.57. The van der Waals surface area contributed by atoms with Gasteiger partial charge < -0.3 is 11.1 Å². The Morgan fingerprint density at radius 3 is 2.54 bits per heavy atom. The number of primary amides is 1. The summed E-state index contributed by atoms with van der Waals surface area (Å²) in [6.45, 7) is 7.49. The fraction of sp³-hybridized carbons (Fsp3) is 0.679. The van der Waals surface area contributed by atoms with Gasteiger partial charge in [0.05, 0.1) is 11.0 Å². The smallest absolute Gasteiger partial charge is 0.318 e. The maximum atomic E-state index is 13.2. The molecule has 1 saturated carbocycles. The lowest BCUT2D eigenvalue weighted by atomic mass is 9.79. The van der Waals surface area contributed by atoms with Crippen molar-refractivity contribution >= 4 is 34.4 Å². The minimum atomic E-state index is -1.12. The molecule has 1 saturated heterocycles. The number of nitrogens with two attached hydrogens (primary N) is 1. The van der Waals surface area contributed by atoms with Gasteiger partial charge in [-0.05, 0) is 80.7 Å². The zero-order chi connectivity index (χ0) is 26.7. The lowest BCUT2D eigenvalue weighted by molar-refractivity contribution is -0.124. The second-order valence-corrected chi connectivity index (χ2v) is 12.7. The number of carbonyl (C=O) groups excluding carboxylic acids is 2. The molecule has 3 amide bonds. The van der Waals surface area contributed by atoms with Crippen LogP contribution in [0, 0.1) is 25.7 Å². The molecule has 4 rings (SSSR count). The van der Waals surface area contributed by atoms with Gasteiger partial charge in [-0.1, -0.05) is 32.6 Å². The van der Waals surface area contributed by atoms with E-state index in [-0.39, 0.29) is 5.91 Å². The van der Waals surface area contributed by atoms with E-state index in [0.717, 1.165) is 47.0 Å². The van der Waals surface area contributed by atoms with Crippen molar-refractivity contribution < 1.29 is 13.8 Å². The van der Waals surface area contributed by atoms with Gasteiger partial charge >= 0.3 is 6.03 Å². The van der Waals surface area contributed by atoms with Crippen LogP contribution in [-0.2, 0) is 22.2 Å². The van der Waals surface area contributed by atoms with Crippen molar-refractivity contribution in [1.29, 1.82) is 0 Å². The molecule has 1 unspecified atom stereocenters. The van der Waals surface area contributed by atoms with E-state index < -0.39 is 22.6 Å². The summed E-state index contributed by atoms with van der Waals surface area (Å²) in [4.78, 5) is 31.0. The summed E-state index contributed by atoms with van der Waals surface area (Å²) in [5.41, 5.74) is 8.77. The number of hydrogen-bond acceptors (Lipinski definition) is 4. The molecule has 2 fully saturated rings. The third-order valence-electron chi connectivity index (χ3n) is 8.63. The van der Waals surface area contributed by atoms with Gasteiger partial charge in [0.15, 0.2) is 0 Å². The number of hydrogen-bond donors (Lipinski definition) is 2. The van der Waals surface area contributed by atoms with E-state index >= 15 is 0 Å². The summed E-state index contributed by atoms with van der Waals surface area (Å²) >= 11 is 0. The number of piperidine rings is 1. The highest BCUT2D eigenvalue weighted by atomic mass is 32.2. The van der Waals surface area contributed by atoms with Crippen LogP contribution in [0.4, 0.5) is 10.5 Å². The molecule has 204 valence electrons. The first-order valence-corrected chi connectivity index (χ1v) is 15.1. The molecule has 3 atom stereocenters. The van der Waals surface area contributed by atoms with Gasteiger partial charge in [-0.15, -0.1) is 0 Å². The third-order valence-corrected chi connectivity index (χ3v) is 10.1. The van der Waals surface area contributed by atoms with Crippen LogP contribution in [0.15, 0.2) is 17.1 Å².